The van der Waals surface area contributed by atoms with Gasteiger partial charge in [0, 0.05) is 40.1 Å². The number of rotatable bonds is 7. The molecule has 10 heteroatoms. The number of methoxy groups -OCH3 is 1. The van der Waals surface area contributed by atoms with Crippen molar-refractivity contribution in [2.75, 3.05) is 27.3 Å². The highest BCUT2D eigenvalue weighted by atomic mass is 19.4. The molecule has 0 atom stereocenters. The van der Waals surface area contributed by atoms with Crippen LogP contribution in [-0.4, -0.2) is 52.9 Å². The maximum Gasteiger partial charge on any atom is 0.416 e. The third kappa shape index (κ3) is 5.40. The van der Waals surface area contributed by atoms with Crippen LogP contribution in [0.1, 0.15) is 15.9 Å². The number of nitrogens with zero attached hydrogens (tertiary/aromatic N) is 4. The van der Waals surface area contributed by atoms with E-state index in [4.69, 9.17) is 9.47 Å². The van der Waals surface area contributed by atoms with E-state index in [0.29, 0.717) is 30.0 Å². The molecule has 1 amide bonds. The Bertz CT molecular complexity index is 1050. The summed E-state index contributed by atoms with van der Waals surface area (Å²) in [6.45, 7) is 0.788. The Morgan fingerprint density at radius 3 is 2.48 bits per heavy atom. The number of aromatic nitrogens is 3. The van der Waals surface area contributed by atoms with Crippen LogP contribution >= 0.6 is 0 Å². The van der Waals surface area contributed by atoms with Crippen molar-refractivity contribution in [2.24, 2.45) is 7.05 Å². The molecule has 0 bridgehead atoms. The minimum absolute atomic E-state index is 0.120. The highest BCUT2D eigenvalue weighted by Crippen LogP contribution is 2.34. The smallest absolute Gasteiger partial charge is 0.416 e. The van der Waals surface area contributed by atoms with E-state index in [1.54, 1.807) is 44.2 Å². The second kappa shape index (κ2) is 9.17. The predicted octanol–water partition coefficient (Wildman–Crippen LogP) is 4.01. The molecule has 7 nitrogen and oxygen atoms in total. The van der Waals surface area contributed by atoms with Crippen molar-refractivity contribution in [2.45, 2.75) is 6.18 Å². The van der Waals surface area contributed by atoms with Gasteiger partial charge in [-0.3, -0.25) is 9.48 Å². The Labute approximate surface area is 177 Å². The molecule has 0 aliphatic heterocycles. The zero-order valence-corrected chi connectivity index (χ0v) is 17.2. The first-order valence-corrected chi connectivity index (χ1v) is 9.28. The number of hydrogen-bond donors (Lipinski definition) is 0. The van der Waals surface area contributed by atoms with Crippen LogP contribution in [0.15, 0.2) is 48.8 Å². The second-order valence-corrected chi connectivity index (χ2v) is 6.80. The Balaban J connectivity index is 1.93. The molecule has 1 aromatic carbocycles. The molecule has 164 valence electrons. The Hall–Kier alpha value is -3.40. The number of benzene rings is 1. The fraction of sp³-hybridized carbons (Fsp3) is 0.286. The van der Waals surface area contributed by atoms with Gasteiger partial charge in [0.25, 0.3) is 5.91 Å². The van der Waals surface area contributed by atoms with Gasteiger partial charge >= 0.3 is 6.18 Å². The van der Waals surface area contributed by atoms with Crippen LogP contribution in [0, 0.1) is 0 Å². The topological polar surface area (TPSA) is 69.5 Å². The molecule has 2 heterocycles. The number of amides is 1. The number of likely N-dealkylation sites (N-methyl/N-ethyl adjacent to an activating group) is 1. The number of halogens is 3. The van der Waals surface area contributed by atoms with Crippen molar-refractivity contribution in [1.82, 2.24) is 19.7 Å². The summed E-state index contributed by atoms with van der Waals surface area (Å²) in [5.74, 6) is 0.0336. The summed E-state index contributed by atoms with van der Waals surface area (Å²) in [5, 5.41) is 4.33. The van der Waals surface area contributed by atoms with Crippen molar-refractivity contribution in [1.29, 1.82) is 0 Å². The van der Waals surface area contributed by atoms with E-state index < -0.39 is 11.7 Å². The van der Waals surface area contributed by atoms with E-state index >= 15 is 0 Å². The number of pyridine rings is 1. The van der Waals surface area contributed by atoms with Crippen LogP contribution in [0.2, 0.25) is 0 Å². The van der Waals surface area contributed by atoms with E-state index in [1.807, 2.05) is 0 Å². The number of aryl methyl sites for hydroxylation is 1. The fourth-order valence-corrected chi connectivity index (χ4v) is 2.77. The molecule has 2 aromatic heterocycles. The van der Waals surface area contributed by atoms with Crippen LogP contribution in [0.4, 0.5) is 13.2 Å². The average molecular weight is 434 g/mol. The van der Waals surface area contributed by atoms with E-state index in [2.05, 4.69) is 10.1 Å². The zero-order chi connectivity index (χ0) is 22.6. The van der Waals surface area contributed by atoms with Crippen molar-refractivity contribution in [3.63, 3.8) is 0 Å². The third-order valence-corrected chi connectivity index (χ3v) is 4.46. The monoisotopic (exact) mass is 434 g/mol. The predicted molar refractivity (Wildman–Crippen MR) is 107 cm³/mol. The van der Waals surface area contributed by atoms with Gasteiger partial charge < -0.3 is 14.4 Å². The third-order valence-electron chi connectivity index (χ3n) is 4.46. The second-order valence-electron chi connectivity index (χ2n) is 6.80. The number of carbonyl (C=O) groups is 1. The Kier molecular flexibility index (Phi) is 6.59. The average Bonchev–Trinajstić information content (AvgIpc) is 3.17. The molecular formula is C21H21F3N4O3. The molecule has 0 aliphatic rings. The van der Waals surface area contributed by atoms with Gasteiger partial charge in [0.05, 0.1) is 29.0 Å². The zero-order valence-electron chi connectivity index (χ0n) is 17.2. The van der Waals surface area contributed by atoms with Crippen LogP contribution in [0.5, 0.6) is 11.6 Å². The van der Waals surface area contributed by atoms with Gasteiger partial charge in [-0.15, -0.1) is 0 Å². The highest BCUT2D eigenvalue weighted by molar-refractivity contribution is 5.95. The summed E-state index contributed by atoms with van der Waals surface area (Å²) in [4.78, 5) is 18.4. The molecule has 0 fully saturated rings. The summed E-state index contributed by atoms with van der Waals surface area (Å²) < 4.78 is 50.7. The van der Waals surface area contributed by atoms with Gasteiger partial charge in [0.1, 0.15) is 5.75 Å². The van der Waals surface area contributed by atoms with E-state index in [0.717, 1.165) is 12.1 Å². The summed E-state index contributed by atoms with van der Waals surface area (Å²) in [7, 11) is 4.93. The minimum Gasteiger partial charge on any atom is -0.438 e. The molecule has 0 saturated carbocycles. The van der Waals surface area contributed by atoms with Gasteiger partial charge in [-0.05, 0) is 36.4 Å². The van der Waals surface area contributed by atoms with Gasteiger partial charge in [0.2, 0.25) is 5.88 Å². The summed E-state index contributed by atoms with van der Waals surface area (Å²) in [6, 6.07) is 7.60. The highest BCUT2D eigenvalue weighted by Gasteiger charge is 2.30. The first-order valence-electron chi connectivity index (χ1n) is 9.28. The van der Waals surface area contributed by atoms with Crippen LogP contribution in [0.25, 0.3) is 11.3 Å². The Morgan fingerprint density at radius 2 is 1.90 bits per heavy atom. The lowest BCUT2D eigenvalue weighted by molar-refractivity contribution is -0.137. The SMILES string of the molecule is COCCN(C)C(=O)c1cnc(Oc2ccc(C(F)(F)F)cc2)c(-c2ccn(C)n2)c1. The fourth-order valence-electron chi connectivity index (χ4n) is 2.77. The van der Waals surface area contributed by atoms with Crippen molar-refractivity contribution in [3.05, 3.63) is 59.9 Å². The lowest BCUT2D eigenvalue weighted by Gasteiger charge is -2.17. The van der Waals surface area contributed by atoms with Crippen LogP contribution in [-0.2, 0) is 18.0 Å². The maximum atomic E-state index is 12.8. The number of alkyl halides is 3. The lowest BCUT2D eigenvalue weighted by atomic mass is 10.1. The summed E-state index contributed by atoms with van der Waals surface area (Å²) >= 11 is 0. The van der Waals surface area contributed by atoms with Crippen molar-refractivity contribution < 1.29 is 27.4 Å². The number of carbonyl (C=O) groups excluding carboxylic acids is 1. The largest absolute Gasteiger partial charge is 0.438 e. The van der Waals surface area contributed by atoms with Gasteiger partial charge in [0.15, 0.2) is 0 Å². The number of hydrogen-bond acceptors (Lipinski definition) is 5. The van der Waals surface area contributed by atoms with Crippen molar-refractivity contribution in [3.8, 4) is 22.9 Å². The minimum atomic E-state index is -4.44. The molecular weight excluding hydrogens is 413 g/mol. The summed E-state index contributed by atoms with van der Waals surface area (Å²) in [6.07, 6.45) is -1.36. The molecule has 0 N–H and O–H groups in total. The van der Waals surface area contributed by atoms with Gasteiger partial charge in [-0.1, -0.05) is 0 Å². The maximum absolute atomic E-state index is 12.8. The molecule has 3 aromatic rings. The molecule has 0 radical (unpaired) electrons. The molecule has 0 saturated heterocycles. The normalized spacial score (nSPS) is 11.4. The standard InChI is InChI=1S/C21H21F3N4O3/c1-27(10-11-30-3)20(29)14-12-17(18-8-9-28(2)26-18)19(25-13-14)31-16-6-4-15(5-7-16)21(22,23)24/h4-9,12-13H,10-11H2,1-3H3. The van der Waals surface area contributed by atoms with Crippen LogP contribution < -0.4 is 4.74 Å². The van der Waals surface area contributed by atoms with Gasteiger partial charge in [-0.25, -0.2) is 4.98 Å². The molecule has 0 unspecified atom stereocenters. The quantitative estimate of drug-likeness (QED) is 0.562. The molecule has 0 aliphatic carbocycles. The summed E-state index contributed by atoms with van der Waals surface area (Å²) in [5.41, 5.74) is 0.481. The van der Waals surface area contributed by atoms with Gasteiger partial charge in [-0.2, -0.15) is 18.3 Å². The van der Waals surface area contributed by atoms with E-state index in [-0.39, 0.29) is 17.5 Å². The van der Waals surface area contributed by atoms with Crippen molar-refractivity contribution >= 4 is 5.91 Å². The molecule has 3 rings (SSSR count). The van der Waals surface area contributed by atoms with E-state index in [1.165, 1.54) is 23.2 Å². The molecule has 0 spiro atoms. The first-order chi connectivity index (χ1) is 14.7. The Morgan fingerprint density at radius 1 is 1.19 bits per heavy atom. The first kappa shape index (κ1) is 22.3. The molecule has 31 heavy (non-hydrogen) atoms. The van der Waals surface area contributed by atoms with E-state index in [9.17, 15) is 18.0 Å². The van der Waals surface area contributed by atoms with Crippen LogP contribution in [0.3, 0.4) is 0 Å². The lowest BCUT2D eigenvalue weighted by Crippen LogP contribution is -2.30. The number of ether oxygens (including phenoxy) is 2.